The van der Waals surface area contributed by atoms with Crippen molar-refractivity contribution in [2.45, 2.75) is 88.2 Å². The monoisotopic (exact) mass is 1210 g/mol. The number of anilines is 3. The number of carbonyl (C=O) groups excluding carboxylic acids is 4. The highest BCUT2D eigenvalue weighted by molar-refractivity contribution is 7.89. The maximum absolute atomic E-state index is 14.5. The number of nitrogens with one attached hydrogen (secondary N) is 8. The number of rotatable bonds is 20. The van der Waals surface area contributed by atoms with Gasteiger partial charge in [0.2, 0.25) is 27.5 Å². The molecule has 0 fully saturated rings. The number of benzene rings is 5. The van der Waals surface area contributed by atoms with Crippen LogP contribution in [0.3, 0.4) is 0 Å². The van der Waals surface area contributed by atoms with Gasteiger partial charge < -0.3 is 50.4 Å². The number of ether oxygens (including phenoxy) is 2. The van der Waals surface area contributed by atoms with Crippen LogP contribution in [0.15, 0.2) is 156 Å². The van der Waals surface area contributed by atoms with Gasteiger partial charge >= 0.3 is 23.9 Å². The number of amides is 3. The second-order valence-corrected chi connectivity index (χ2v) is 23.6. The Kier molecular flexibility index (Phi) is 16.5. The lowest BCUT2D eigenvalue weighted by molar-refractivity contribution is -0.191. The van der Waals surface area contributed by atoms with Crippen LogP contribution < -0.4 is 36.9 Å². The van der Waals surface area contributed by atoms with Crippen molar-refractivity contribution >= 4 is 96.5 Å². The molecule has 9 aromatic rings. The van der Waals surface area contributed by atoms with Gasteiger partial charge in [-0.2, -0.15) is 0 Å². The number of hydrogen-bond donors (Lipinski definition) is 9. The molecular formula is C62H58N12O11S2. The topological polar surface area (TPSA) is 323 Å². The molecule has 87 heavy (non-hydrogen) atoms. The van der Waals surface area contributed by atoms with Crippen LogP contribution in [0.5, 0.6) is 0 Å². The Hall–Kier alpha value is -10.1. The highest BCUT2D eigenvalue weighted by Crippen LogP contribution is 2.41. The number of para-hydroxylation sites is 3. The third kappa shape index (κ3) is 12.7. The highest BCUT2D eigenvalue weighted by atomic mass is 32.2. The minimum Gasteiger partial charge on any atom is -0.481 e. The van der Waals surface area contributed by atoms with E-state index < -0.39 is 81.5 Å². The molecule has 9 N–H and O–H groups in total. The van der Waals surface area contributed by atoms with Gasteiger partial charge in [0, 0.05) is 52.2 Å². The minimum absolute atomic E-state index is 0.000383. The Balaban J connectivity index is 0.727. The molecular weight excluding hydrogens is 1150 g/mol. The number of carboxylic acids is 1. The van der Waals surface area contributed by atoms with Crippen LogP contribution in [-0.4, -0.2) is 96.1 Å². The molecule has 0 saturated carbocycles. The molecule has 0 aliphatic carbocycles. The second kappa shape index (κ2) is 24.5. The van der Waals surface area contributed by atoms with E-state index >= 15 is 0 Å². The zero-order valence-electron chi connectivity index (χ0n) is 47.0. The normalized spacial score (nSPS) is 15.3. The maximum Gasteiger partial charge on any atom is 0.355 e. The summed E-state index contributed by atoms with van der Waals surface area (Å²) in [5.74, 6) is -3.98. The lowest BCUT2D eigenvalue weighted by Gasteiger charge is -2.37. The molecule has 0 saturated heterocycles. The molecule has 3 amide bonds. The van der Waals surface area contributed by atoms with E-state index in [0.29, 0.717) is 50.7 Å². The third-order valence-corrected chi connectivity index (χ3v) is 16.9. The number of cyclic esters (lactones) is 1. The quantitative estimate of drug-likeness (QED) is 0.0261. The maximum atomic E-state index is 14.5. The SMILES string of the molecule is CC[C@@]1(OC(=O)[C@H](NC(=O)[C@H](Cc2cnc[nH]2)NC(=S)Nc2ccc(CC(CC(=O)O)NS(=O)(=O)c3ccc(-c4cccc(NC(=O)Nc5nc6ccccc6[nH]5)c4)cc3)cc2)C(C)C)C(=O)OCc2c1cc1n(c2=O)Cc2cc3ccccc3nc2-1. The van der Waals surface area contributed by atoms with Gasteiger partial charge in [-0.1, -0.05) is 87.5 Å². The summed E-state index contributed by atoms with van der Waals surface area (Å²) in [5.41, 5.74) is 5.38. The standard InChI is InChI=1S/C62H58N12O11S2/c1-4-62(46-29-51-54-39(25-38-10-5-6-13-47(38)67-54)31-74(51)56(78)45(46)32-84-58(62)80)85-57(79)53(34(2)3)71-55(77)50(27-43-30-63-33-64-43)70-61(86)66-40-20-16-35(17-21-40)24-42(28-52(75)76)73-87(82,83)44-22-18-36(19-23-44)37-11-9-12-41(26-37)65-60(81)72-59-68-48-14-7-8-15-49(48)69-59/h5-23,25-26,29-30,33-34,42,50,53,73H,4,24,27-28,31-32H2,1-3H3,(H,63,64)(H,71,77)(H,75,76)(H2,66,70,86)(H3,65,68,69,72,81)/t42?,50-,53+,62-/m0/s1. The van der Waals surface area contributed by atoms with Crippen LogP contribution in [0.2, 0.25) is 0 Å². The molecule has 4 atom stereocenters. The number of carbonyl (C=O) groups is 5. The Morgan fingerprint density at radius 3 is 2.31 bits per heavy atom. The molecule has 4 aromatic heterocycles. The molecule has 0 spiro atoms. The Morgan fingerprint density at radius 2 is 1.59 bits per heavy atom. The summed E-state index contributed by atoms with van der Waals surface area (Å²) < 4.78 is 43.4. The van der Waals surface area contributed by atoms with Gasteiger partial charge in [0.05, 0.1) is 57.7 Å². The van der Waals surface area contributed by atoms with E-state index in [9.17, 15) is 42.3 Å². The lowest BCUT2D eigenvalue weighted by Crippen LogP contribution is -2.56. The largest absolute Gasteiger partial charge is 0.481 e. The van der Waals surface area contributed by atoms with Crippen molar-refractivity contribution < 1.29 is 47.0 Å². The molecule has 11 rings (SSSR count). The number of pyridine rings is 2. The van der Waals surface area contributed by atoms with Crippen LogP contribution in [0.25, 0.3) is 44.5 Å². The Morgan fingerprint density at radius 1 is 0.828 bits per heavy atom. The first-order valence-corrected chi connectivity index (χ1v) is 29.7. The van der Waals surface area contributed by atoms with Crippen molar-refractivity contribution in [3.05, 3.63) is 184 Å². The van der Waals surface area contributed by atoms with E-state index in [4.69, 9.17) is 26.7 Å². The number of fused-ring (bicyclic) bond motifs is 6. The van der Waals surface area contributed by atoms with Gasteiger partial charge in [-0.05, 0) is 114 Å². The predicted octanol–water partition coefficient (Wildman–Crippen LogP) is 7.64. The number of esters is 2. The van der Waals surface area contributed by atoms with Gasteiger partial charge in [-0.3, -0.25) is 19.7 Å². The van der Waals surface area contributed by atoms with Gasteiger partial charge in [0.15, 0.2) is 5.11 Å². The van der Waals surface area contributed by atoms with Crippen molar-refractivity contribution in [2.75, 3.05) is 16.0 Å². The summed E-state index contributed by atoms with van der Waals surface area (Å²) in [4.78, 5) is 101. The first-order valence-electron chi connectivity index (χ1n) is 27.8. The number of nitrogens with zero attached hydrogens (tertiary/aromatic N) is 4. The number of aromatic nitrogens is 6. The summed E-state index contributed by atoms with van der Waals surface area (Å²) in [5, 5.41) is 25.1. The van der Waals surface area contributed by atoms with E-state index in [-0.39, 0.29) is 59.5 Å². The first-order chi connectivity index (χ1) is 41.8. The summed E-state index contributed by atoms with van der Waals surface area (Å²) in [6.07, 6.45) is 2.37. The van der Waals surface area contributed by atoms with Crippen molar-refractivity contribution in [3.8, 4) is 22.5 Å². The number of hydrogen-bond acceptors (Lipinski definition) is 14. The van der Waals surface area contributed by atoms with Crippen LogP contribution in [0, 0.1) is 5.92 Å². The molecule has 0 radical (unpaired) electrons. The van der Waals surface area contributed by atoms with Crippen molar-refractivity contribution in [1.82, 2.24) is 44.8 Å². The molecule has 23 nitrogen and oxygen atoms in total. The van der Waals surface area contributed by atoms with Crippen LogP contribution in [-0.2, 0) is 70.3 Å². The average Bonchev–Trinajstić information content (AvgIpc) is 1.81. The number of urea groups is 1. The zero-order valence-corrected chi connectivity index (χ0v) is 48.7. The van der Waals surface area contributed by atoms with Gasteiger partial charge in [-0.15, -0.1) is 0 Å². The average molecular weight is 1210 g/mol. The molecule has 2 aliphatic rings. The fourth-order valence-electron chi connectivity index (χ4n) is 10.8. The van der Waals surface area contributed by atoms with Crippen LogP contribution in [0.1, 0.15) is 61.6 Å². The number of aliphatic carboxylic acids is 1. The number of carboxylic acid groups (broad SMARTS) is 1. The fourth-order valence-corrected chi connectivity index (χ4v) is 12.3. The van der Waals surface area contributed by atoms with Crippen LogP contribution >= 0.6 is 12.2 Å². The van der Waals surface area contributed by atoms with E-state index in [1.54, 1.807) is 92.1 Å². The van der Waals surface area contributed by atoms with Gasteiger partial charge in [0.1, 0.15) is 18.7 Å². The summed E-state index contributed by atoms with van der Waals surface area (Å²) in [6.45, 7) is 4.97. The molecule has 444 valence electrons. The summed E-state index contributed by atoms with van der Waals surface area (Å²) >= 11 is 5.70. The molecule has 0 bridgehead atoms. The number of H-pyrrole nitrogens is 2. The smallest absolute Gasteiger partial charge is 0.355 e. The van der Waals surface area contributed by atoms with Crippen molar-refractivity contribution in [3.63, 3.8) is 0 Å². The molecule has 6 heterocycles. The van der Waals surface area contributed by atoms with Crippen molar-refractivity contribution in [2.24, 2.45) is 5.92 Å². The second-order valence-electron chi connectivity index (χ2n) is 21.4. The number of sulfonamides is 1. The third-order valence-electron chi connectivity index (χ3n) is 15.2. The summed E-state index contributed by atoms with van der Waals surface area (Å²) in [6, 6.07) is 34.3. The highest BCUT2D eigenvalue weighted by Gasteiger charge is 2.51. The van der Waals surface area contributed by atoms with Crippen molar-refractivity contribution in [1.29, 1.82) is 0 Å². The molecule has 2 aliphatic heterocycles. The molecule has 25 heteroatoms. The summed E-state index contributed by atoms with van der Waals surface area (Å²) in [7, 11) is -4.23. The van der Waals surface area contributed by atoms with Gasteiger partial charge in [-0.25, -0.2) is 42.5 Å². The van der Waals surface area contributed by atoms with E-state index in [1.165, 1.54) is 24.7 Å². The number of aromatic amines is 2. The van der Waals surface area contributed by atoms with E-state index in [0.717, 1.165) is 22.0 Å². The van der Waals surface area contributed by atoms with Crippen LogP contribution in [0.4, 0.5) is 22.1 Å². The number of imidazole rings is 2. The van der Waals surface area contributed by atoms with E-state index in [2.05, 4.69) is 51.2 Å². The zero-order chi connectivity index (χ0) is 61.1. The molecule has 1 unspecified atom stereocenters. The predicted molar refractivity (Wildman–Crippen MR) is 328 cm³/mol. The molecule has 5 aromatic carbocycles. The minimum atomic E-state index is -4.23. The fraction of sp³-hybridized carbons (Fsp3) is 0.226. The van der Waals surface area contributed by atoms with E-state index in [1.807, 2.05) is 54.6 Å². The lowest BCUT2D eigenvalue weighted by atomic mass is 9.85. The Labute approximate surface area is 502 Å². The Bertz CT molecular complexity index is 4310. The van der Waals surface area contributed by atoms with Gasteiger partial charge in [0.25, 0.3) is 5.56 Å². The first kappa shape index (κ1) is 58.7. The number of thiocarbonyl (C=S) groups is 1.